The lowest BCUT2D eigenvalue weighted by Gasteiger charge is -2.23. The van der Waals surface area contributed by atoms with Gasteiger partial charge in [0.1, 0.15) is 0 Å². The Bertz CT molecular complexity index is 384. The molecule has 0 heterocycles. The van der Waals surface area contributed by atoms with Crippen molar-refractivity contribution in [1.82, 2.24) is 0 Å². The second-order valence-electron chi connectivity index (χ2n) is 4.39. The highest BCUT2D eigenvalue weighted by Gasteiger charge is 2.36. The molecule has 0 atom stereocenters. The molecule has 0 unspecified atom stereocenters. The lowest BCUT2D eigenvalue weighted by Crippen LogP contribution is -2.12. The van der Waals surface area contributed by atoms with Gasteiger partial charge in [0.05, 0.1) is 0 Å². The first-order chi connectivity index (χ1) is 7.00. The zero-order valence-corrected chi connectivity index (χ0v) is 10.2. The average molecular weight is 200 g/mol. The largest absolute Gasteiger partial charge is 0.0990 e. The second-order valence-corrected chi connectivity index (χ2v) is 4.39. The maximum Gasteiger partial charge on any atom is 0.0151 e. The molecule has 0 saturated heterocycles. The van der Waals surface area contributed by atoms with Crippen LogP contribution < -0.4 is 0 Å². The van der Waals surface area contributed by atoms with Gasteiger partial charge < -0.3 is 0 Å². The molecular weight excluding hydrogens is 180 g/mol. The van der Waals surface area contributed by atoms with E-state index in [9.17, 15) is 0 Å². The van der Waals surface area contributed by atoms with Crippen molar-refractivity contribution in [2.24, 2.45) is 5.41 Å². The summed E-state index contributed by atoms with van der Waals surface area (Å²) in [5.74, 6) is 0. The minimum absolute atomic E-state index is 0.0788. The third kappa shape index (κ3) is 1.65. The molecule has 0 nitrogen and oxygen atoms in total. The van der Waals surface area contributed by atoms with Gasteiger partial charge in [0.25, 0.3) is 0 Å². The average Bonchev–Trinajstić information content (AvgIpc) is 2.34. The van der Waals surface area contributed by atoms with Crippen molar-refractivity contribution in [1.29, 1.82) is 0 Å². The van der Waals surface area contributed by atoms with Crippen LogP contribution in [-0.2, 0) is 0 Å². The molecule has 0 bridgehead atoms. The summed E-state index contributed by atoms with van der Waals surface area (Å²) in [6, 6.07) is 0. The fourth-order valence-electron chi connectivity index (χ4n) is 2.55. The monoisotopic (exact) mass is 200 g/mol. The fourth-order valence-corrected chi connectivity index (χ4v) is 2.55. The van der Waals surface area contributed by atoms with E-state index < -0.39 is 0 Å². The normalized spacial score (nSPS) is 25.1. The molecule has 0 amide bonds. The number of hydrogen-bond donors (Lipinski definition) is 0. The van der Waals surface area contributed by atoms with Crippen molar-refractivity contribution in [3.63, 3.8) is 0 Å². The van der Waals surface area contributed by atoms with Crippen LogP contribution in [0.25, 0.3) is 0 Å². The first-order valence-electron chi connectivity index (χ1n) is 5.34. The van der Waals surface area contributed by atoms with Crippen molar-refractivity contribution in [2.45, 2.75) is 27.7 Å². The quantitative estimate of drug-likeness (QED) is 0.611. The summed E-state index contributed by atoms with van der Waals surface area (Å²) in [7, 11) is 0. The molecule has 0 aliphatic heterocycles. The van der Waals surface area contributed by atoms with Crippen LogP contribution in [0.1, 0.15) is 27.7 Å². The predicted molar refractivity (Wildman–Crippen MR) is 68.7 cm³/mol. The Morgan fingerprint density at radius 2 is 1.80 bits per heavy atom. The maximum atomic E-state index is 3.91. The van der Waals surface area contributed by atoms with Crippen LogP contribution in [-0.4, -0.2) is 0 Å². The summed E-state index contributed by atoms with van der Waals surface area (Å²) < 4.78 is 0. The molecule has 0 saturated carbocycles. The molecule has 0 fully saturated rings. The summed E-state index contributed by atoms with van der Waals surface area (Å²) in [6.45, 7) is 16.4. The molecule has 0 heteroatoms. The van der Waals surface area contributed by atoms with Crippen LogP contribution in [0.2, 0.25) is 0 Å². The smallest absolute Gasteiger partial charge is 0.0151 e. The lowest BCUT2D eigenvalue weighted by molar-refractivity contribution is 0.577. The van der Waals surface area contributed by atoms with E-state index in [1.807, 2.05) is 12.2 Å². The molecule has 0 aromatic carbocycles. The van der Waals surface area contributed by atoms with E-state index in [-0.39, 0.29) is 5.41 Å². The van der Waals surface area contributed by atoms with Crippen LogP contribution in [0.15, 0.2) is 59.8 Å². The van der Waals surface area contributed by atoms with Crippen LogP contribution in [0.4, 0.5) is 0 Å². The van der Waals surface area contributed by atoms with Gasteiger partial charge in [-0.15, -0.1) is 0 Å². The summed E-state index contributed by atoms with van der Waals surface area (Å²) in [5, 5.41) is 0. The Hall–Kier alpha value is -1.30. The molecule has 1 aliphatic carbocycles. The SMILES string of the molecule is C=C/C=C1/C(C)=C(C=C)C(C)(C)/C1=C/C. The number of rotatable bonds is 2. The van der Waals surface area contributed by atoms with Gasteiger partial charge in [-0.05, 0) is 36.1 Å². The number of allylic oxidation sites excluding steroid dienone is 8. The van der Waals surface area contributed by atoms with Gasteiger partial charge in [-0.1, -0.05) is 51.3 Å². The Labute approximate surface area is 93.4 Å². The van der Waals surface area contributed by atoms with Gasteiger partial charge in [-0.2, -0.15) is 0 Å². The Kier molecular flexibility index (Phi) is 3.18. The third-order valence-electron chi connectivity index (χ3n) is 3.22. The Morgan fingerprint density at radius 1 is 1.20 bits per heavy atom. The molecule has 0 aromatic rings. The van der Waals surface area contributed by atoms with Crippen LogP contribution in [0.3, 0.4) is 0 Å². The van der Waals surface area contributed by atoms with E-state index in [4.69, 9.17) is 0 Å². The molecule has 0 N–H and O–H groups in total. The predicted octanol–water partition coefficient (Wildman–Crippen LogP) is 4.59. The van der Waals surface area contributed by atoms with Gasteiger partial charge in [0.15, 0.2) is 0 Å². The van der Waals surface area contributed by atoms with Crippen LogP contribution in [0, 0.1) is 5.41 Å². The van der Waals surface area contributed by atoms with E-state index in [0.717, 1.165) is 0 Å². The van der Waals surface area contributed by atoms with Gasteiger partial charge in [0, 0.05) is 5.41 Å². The standard InChI is InChI=1S/C15H20/c1-7-10-12-11(4)13(8-2)15(5,6)14(12)9-3/h7-10H,1-2H2,3-6H3/b12-10-,14-9+. The molecule has 0 spiro atoms. The first-order valence-corrected chi connectivity index (χ1v) is 5.34. The summed E-state index contributed by atoms with van der Waals surface area (Å²) in [4.78, 5) is 0. The highest BCUT2D eigenvalue weighted by Crippen LogP contribution is 2.50. The number of hydrogen-bond acceptors (Lipinski definition) is 0. The molecule has 1 rings (SSSR count). The van der Waals surface area contributed by atoms with Crippen LogP contribution >= 0.6 is 0 Å². The van der Waals surface area contributed by atoms with E-state index in [1.54, 1.807) is 0 Å². The summed E-state index contributed by atoms with van der Waals surface area (Å²) in [6.07, 6.45) is 8.10. The second kappa shape index (κ2) is 4.06. The highest BCUT2D eigenvalue weighted by atomic mass is 14.4. The summed E-state index contributed by atoms with van der Waals surface area (Å²) in [5.41, 5.74) is 5.39. The molecular formula is C15H20. The third-order valence-corrected chi connectivity index (χ3v) is 3.22. The van der Waals surface area contributed by atoms with Crippen molar-refractivity contribution in [2.75, 3.05) is 0 Å². The maximum absolute atomic E-state index is 3.91. The van der Waals surface area contributed by atoms with Gasteiger partial charge >= 0.3 is 0 Å². The fraction of sp³-hybridized carbons (Fsp3) is 0.333. The van der Waals surface area contributed by atoms with Crippen LogP contribution in [0.5, 0.6) is 0 Å². The minimum Gasteiger partial charge on any atom is -0.0990 e. The van der Waals surface area contributed by atoms with Gasteiger partial charge in [-0.3, -0.25) is 0 Å². The lowest BCUT2D eigenvalue weighted by atomic mass is 9.80. The molecule has 1 aliphatic rings. The van der Waals surface area contributed by atoms with Gasteiger partial charge in [-0.25, -0.2) is 0 Å². The van der Waals surface area contributed by atoms with Gasteiger partial charge in [0.2, 0.25) is 0 Å². The molecule has 0 aromatic heterocycles. The van der Waals surface area contributed by atoms with Crippen molar-refractivity contribution in [3.8, 4) is 0 Å². The first kappa shape index (κ1) is 11.8. The Balaban J connectivity index is 3.48. The van der Waals surface area contributed by atoms with Crippen molar-refractivity contribution < 1.29 is 0 Å². The van der Waals surface area contributed by atoms with E-state index in [0.29, 0.717) is 0 Å². The Morgan fingerprint density at radius 3 is 2.20 bits per heavy atom. The highest BCUT2D eigenvalue weighted by molar-refractivity contribution is 5.63. The molecule has 0 radical (unpaired) electrons. The minimum atomic E-state index is 0.0788. The zero-order valence-electron chi connectivity index (χ0n) is 10.2. The van der Waals surface area contributed by atoms with E-state index >= 15 is 0 Å². The van der Waals surface area contributed by atoms with E-state index in [1.165, 1.54) is 22.3 Å². The zero-order chi connectivity index (χ0) is 11.6. The topological polar surface area (TPSA) is 0 Å². The van der Waals surface area contributed by atoms with Crippen molar-refractivity contribution >= 4 is 0 Å². The van der Waals surface area contributed by atoms with E-state index in [2.05, 4.69) is 53.0 Å². The summed E-state index contributed by atoms with van der Waals surface area (Å²) >= 11 is 0. The molecule has 80 valence electrons. The van der Waals surface area contributed by atoms with Crippen molar-refractivity contribution in [3.05, 3.63) is 59.8 Å². The molecule has 15 heavy (non-hydrogen) atoms.